The molecule has 1 saturated carbocycles. The van der Waals surface area contributed by atoms with Crippen LogP contribution in [0, 0.1) is 0 Å². The predicted octanol–water partition coefficient (Wildman–Crippen LogP) is 2.39. The van der Waals surface area contributed by atoms with E-state index in [1.807, 2.05) is 13.1 Å². The van der Waals surface area contributed by atoms with Gasteiger partial charge < -0.3 is 5.32 Å². The molecule has 0 bridgehead atoms. The molecule has 29 heavy (non-hydrogen) atoms. The van der Waals surface area contributed by atoms with Crippen LogP contribution in [0.5, 0.6) is 0 Å². The zero-order chi connectivity index (χ0) is 19.8. The van der Waals surface area contributed by atoms with Gasteiger partial charge in [-0.25, -0.2) is 0 Å². The van der Waals surface area contributed by atoms with Crippen LogP contribution in [0.3, 0.4) is 0 Å². The molecular weight excluding hydrogens is 366 g/mol. The number of aryl methyl sites for hydroxylation is 2. The van der Waals surface area contributed by atoms with Gasteiger partial charge in [-0.3, -0.25) is 9.48 Å². The third-order valence-corrected chi connectivity index (χ3v) is 6.28. The molecule has 8 nitrogen and oxygen atoms in total. The monoisotopic (exact) mass is 391 g/mol. The minimum Gasteiger partial charge on any atom is -0.309 e. The Bertz CT molecular complexity index is 1030. The van der Waals surface area contributed by atoms with Crippen LogP contribution >= 0.6 is 0 Å². The average Bonchev–Trinajstić information content (AvgIpc) is 3.50. The van der Waals surface area contributed by atoms with Gasteiger partial charge in [-0.05, 0) is 42.9 Å². The van der Waals surface area contributed by atoms with E-state index in [2.05, 4.69) is 50.1 Å². The number of rotatable bonds is 5. The van der Waals surface area contributed by atoms with Crippen LogP contribution in [0.1, 0.15) is 54.7 Å². The maximum absolute atomic E-state index is 12.6. The standard InChI is InChI=1S/C21H25N7O/c1-27-19(16-10-7-11-17(16)24-27)22-18(29)14-28-25-20(23-26-28)21(12-5-6-13-21)15-8-3-2-4-9-15/h2-4,8-9H,5-7,10-14H2,1H3,(H,22,29). The van der Waals surface area contributed by atoms with Crippen molar-refractivity contribution in [2.45, 2.75) is 56.9 Å². The SMILES string of the molecule is Cn1nc2c(c1NC(=O)Cn1nnc(C3(c4ccccc4)CCCC3)n1)CCC2. The largest absolute Gasteiger partial charge is 0.309 e. The van der Waals surface area contributed by atoms with Crippen molar-refractivity contribution in [1.82, 2.24) is 30.0 Å². The smallest absolute Gasteiger partial charge is 0.249 e. The number of hydrogen-bond acceptors (Lipinski definition) is 5. The summed E-state index contributed by atoms with van der Waals surface area (Å²) in [7, 11) is 1.86. The first-order valence-corrected chi connectivity index (χ1v) is 10.3. The number of benzene rings is 1. The summed E-state index contributed by atoms with van der Waals surface area (Å²) in [6.07, 6.45) is 7.35. The average molecular weight is 391 g/mol. The second-order valence-corrected chi connectivity index (χ2v) is 8.10. The van der Waals surface area contributed by atoms with E-state index in [9.17, 15) is 4.79 Å². The van der Waals surface area contributed by atoms with Crippen molar-refractivity contribution in [1.29, 1.82) is 0 Å². The molecule has 1 aromatic carbocycles. The first-order chi connectivity index (χ1) is 14.2. The van der Waals surface area contributed by atoms with Gasteiger partial charge in [0.1, 0.15) is 12.4 Å². The van der Waals surface area contributed by atoms with E-state index in [0.29, 0.717) is 0 Å². The number of fused-ring (bicyclic) bond motifs is 1. The quantitative estimate of drug-likeness (QED) is 0.721. The fourth-order valence-corrected chi connectivity index (χ4v) is 4.85. The van der Waals surface area contributed by atoms with E-state index in [4.69, 9.17) is 0 Å². The molecule has 1 fully saturated rings. The molecule has 0 saturated heterocycles. The van der Waals surface area contributed by atoms with Crippen LogP contribution < -0.4 is 5.32 Å². The number of nitrogens with one attached hydrogen (secondary N) is 1. The molecule has 2 aromatic heterocycles. The predicted molar refractivity (Wildman–Crippen MR) is 107 cm³/mol. The molecule has 0 spiro atoms. The summed E-state index contributed by atoms with van der Waals surface area (Å²) < 4.78 is 1.75. The van der Waals surface area contributed by atoms with Crippen molar-refractivity contribution < 1.29 is 4.79 Å². The second kappa shape index (κ2) is 7.09. The lowest BCUT2D eigenvalue weighted by Gasteiger charge is -2.25. The molecule has 3 aromatic rings. The van der Waals surface area contributed by atoms with E-state index in [0.717, 1.165) is 67.8 Å². The Labute approximate surface area is 169 Å². The van der Waals surface area contributed by atoms with Crippen molar-refractivity contribution >= 4 is 11.7 Å². The number of amides is 1. The van der Waals surface area contributed by atoms with Gasteiger partial charge in [0.05, 0.1) is 11.1 Å². The van der Waals surface area contributed by atoms with Crippen LogP contribution in [0.15, 0.2) is 30.3 Å². The van der Waals surface area contributed by atoms with Gasteiger partial charge in [0, 0.05) is 12.6 Å². The van der Waals surface area contributed by atoms with Crippen LogP contribution in [0.4, 0.5) is 5.82 Å². The number of aromatic nitrogens is 6. The molecule has 5 rings (SSSR count). The van der Waals surface area contributed by atoms with Gasteiger partial charge in [-0.15, -0.1) is 10.2 Å². The van der Waals surface area contributed by atoms with E-state index < -0.39 is 0 Å². The highest BCUT2D eigenvalue weighted by atomic mass is 16.2. The summed E-state index contributed by atoms with van der Waals surface area (Å²) in [5.74, 6) is 1.35. The molecule has 2 aliphatic carbocycles. The maximum atomic E-state index is 12.6. The van der Waals surface area contributed by atoms with Gasteiger partial charge >= 0.3 is 0 Å². The van der Waals surface area contributed by atoms with E-state index >= 15 is 0 Å². The minimum atomic E-state index is -0.196. The third-order valence-electron chi connectivity index (χ3n) is 6.28. The van der Waals surface area contributed by atoms with Gasteiger partial charge in [-0.2, -0.15) is 9.90 Å². The topological polar surface area (TPSA) is 90.5 Å². The summed E-state index contributed by atoms with van der Waals surface area (Å²) in [6.45, 7) is 0.0395. The highest BCUT2D eigenvalue weighted by Crippen LogP contribution is 2.44. The summed E-state index contributed by atoms with van der Waals surface area (Å²) in [4.78, 5) is 14.0. The number of carbonyl (C=O) groups excluding carboxylic acids is 1. The van der Waals surface area contributed by atoms with Crippen LogP contribution in [0.2, 0.25) is 0 Å². The highest BCUT2D eigenvalue weighted by molar-refractivity contribution is 5.90. The summed E-state index contributed by atoms with van der Waals surface area (Å²) >= 11 is 0. The number of nitrogens with zero attached hydrogens (tertiary/aromatic N) is 6. The van der Waals surface area contributed by atoms with E-state index in [1.54, 1.807) is 4.68 Å². The lowest BCUT2D eigenvalue weighted by atomic mass is 9.78. The summed E-state index contributed by atoms with van der Waals surface area (Å²) in [5, 5.41) is 20.7. The number of hydrogen-bond donors (Lipinski definition) is 1. The van der Waals surface area contributed by atoms with Crippen molar-refractivity contribution in [3.63, 3.8) is 0 Å². The lowest BCUT2D eigenvalue weighted by Crippen LogP contribution is -2.26. The Balaban J connectivity index is 1.34. The molecule has 0 radical (unpaired) electrons. The van der Waals surface area contributed by atoms with E-state index in [1.165, 1.54) is 10.4 Å². The van der Waals surface area contributed by atoms with Crippen molar-refractivity contribution in [3.8, 4) is 0 Å². The van der Waals surface area contributed by atoms with E-state index in [-0.39, 0.29) is 17.9 Å². The molecule has 0 atom stereocenters. The Morgan fingerprint density at radius 2 is 1.90 bits per heavy atom. The molecule has 2 heterocycles. The fourth-order valence-electron chi connectivity index (χ4n) is 4.85. The van der Waals surface area contributed by atoms with Gasteiger partial charge in [0.2, 0.25) is 5.91 Å². The molecular formula is C21H25N7O. The Hall–Kier alpha value is -3.03. The molecule has 150 valence electrons. The van der Waals surface area contributed by atoms with Gasteiger partial charge in [0.15, 0.2) is 5.82 Å². The fraction of sp³-hybridized carbons (Fsp3) is 0.476. The van der Waals surface area contributed by atoms with Gasteiger partial charge in [-0.1, -0.05) is 43.2 Å². The second-order valence-electron chi connectivity index (χ2n) is 8.10. The molecule has 1 amide bonds. The molecule has 0 unspecified atom stereocenters. The van der Waals surface area contributed by atoms with Crippen LogP contribution in [-0.4, -0.2) is 35.9 Å². The minimum absolute atomic E-state index is 0.0395. The first kappa shape index (κ1) is 18.0. The van der Waals surface area contributed by atoms with Crippen molar-refractivity contribution in [2.75, 3.05) is 5.32 Å². The normalized spacial score (nSPS) is 17.4. The Kier molecular flexibility index (Phi) is 4.41. The Morgan fingerprint density at radius 3 is 2.69 bits per heavy atom. The maximum Gasteiger partial charge on any atom is 0.249 e. The Morgan fingerprint density at radius 1 is 1.10 bits per heavy atom. The molecule has 1 N–H and O–H groups in total. The number of anilines is 1. The summed E-state index contributed by atoms with van der Waals surface area (Å²) in [6, 6.07) is 10.4. The zero-order valence-corrected chi connectivity index (χ0v) is 16.6. The number of tetrazole rings is 1. The van der Waals surface area contributed by atoms with Gasteiger partial charge in [0.25, 0.3) is 0 Å². The van der Waals surface area contributed by atoms with Crippen molar-refractivity contribution in [2.24, 2.45) is 7.05 Å². The molecule has 8 heteroatoms. The highest BCUT2D eigenvalue weighted by Gasteiger charge is 2.41. The van der Waals surface area contributed by atoms with Crippen LogP contribution in [0.25, 0.3) is 0 Å². The van der Waals surface area contributed by atoms with Crippen molar-refractivity contribution in [3.05, 3.63) is 53.0 Å². The first-order valence-electron chi connectivity index (χ1n) is 10.3. The molecule has 0 aliphatic heterocycles. The zero-order valence-electron chi connectivity index (χ0n) is 16.6. The summed E-state index contributed by atoms with van der Waals surface area (Å²) in [5.41, 5.74) is 3.28. The lowest BCUT2D eigenvalue weighted by molar-refractivity contribution is -0.117. The van der Waals surface area contributed by atoms with Crippen LogP contribution in [-0.2, 0) is 36.6 Å². The third kappa shape index (κ3) is 3.12. The molecule has 2 aliphatic rings. The number of carbonyl (C=O) groups is 1.